The molecule has 1 aromatic heterocycles. The predicted molar refractivity (Wildman–Crippen MR) is 108 cm³/mol. The van der Waals surface area contributed by atoms with Crippen molar-refractivity contribution in [3.05, 3.63) is 35.0 Å². The normalized spacial score (nSPS) is 21.3. The fraction of sp³-hybridized carbons (Fsp3) is 0.636. The van der Waals surface area contributed by atoms with Gasteiger partial charge in [-0.25, -0.2) is 0 Å². The van der Waals surface area contributed by atoms with Crippen LogP contribution in [0.5, 0.6) is 0 Å². The minimum Gasteiger partial charge on any atom is -0.390 e. The van der Waals surface area contributed by atoms with E-state index in [1.165, 1.54) is 41.4 Å². The van der Waals surface area contributed by atoms with Crippen LogP contribution in [0.25, 0.3) is 10.9 Å². The van der Waals surface area contributed by atoms with Gasteiger partial charge in [-0.3, -0.25) is 4.90 Å². The number of hydrogen-bond acceptors (Lipinski definition) is 3. The minimum absolute atomic E-state index is 0.265. The van der Waals surface area contributed by atoms with Crippen LogP contribution >= 0.6 is 0 Å². The lowest BCUT2D eigenvalue weighted by Gasteiger charge is -2.41. The van der Waals surface area contributed by atoms with E-state index in [-0.39, 0.29) is 6.10 Å². The monoisotopic (exact) mass is 355 g/mol. The fourth-order valence-corrected chi connectivity index (χ4v) is 5.12. The van der Waals surface area contributed by atoms with E-state index in [0.29, 0.717) is 6.04 Å². The van der Waals surface area contributed by atoms with Gasteiger partial charge in [-0.1, -0.05) is 25.5 Å². The summed E-state index contributed by atoms with van der Waals surface area (Å²) >= 11 is 0. The van der Waals surface area contributed by atoms with E-state index in [1.54, 1.807) is 5.56 Å². The first-order valence-corrected chi connectivity index (χ1v) is 10.4. The molecule has 1 aliphatic carbocycles. The molecule has 4 heteroatoms. The van der Waals surface area contributed by atoms with Crippen molar-refractivity contribution in [3.63, 3.8) is 0 Å². The molecule has 0 saturated heterocycles. The lowest BCUT2D eigenvalue weighted by molar-refractivity contribution is 0.0439. The summed E-state index contributed by atoms with van der Waals surface area (Å²) in [6.45, 7) is 12.2. The van der Waals surface area contributed by atoms with Crippen LogP contribution in [0.1, 0.15) is 49.6 Å². The number of hydrogen-bond donors (Lipinski definition) is 1. The Morgan fingerprint density at radius 1 is 1.23 bits per heavy atom. The Balaban J connectivity index is 1.61. The Labute approximate surface area is 157 Å². The van der Waals surface area contributed by atoms with Crippen molar-refractivity contribution < 1.29 is 5.11 Å². The molecule has 4 rings (SSSR count). The Hall–Kier alpha value is -1.36. The number of aliphatic hydroxyl groups excluding tert-OH is 1. The van der Waals surface area contributed by atoms with E-state index in [2.05, 4.69) is 53.3 Å². The Morgan fingerprint density at radius 2 is 2.04 bits per heavy atom. The summed E-state index contributed by atoms with van der Waals surface area (Å²) in [5, 5.41) is 12.1. The van der Waals surface area contributed by atoms with E-state index in [9.17, 15) is 5.11 Å². The van der Waals surface area contributed by atoms with Gasteiger partial charge in [0.1, 0.15) is 0 Å². The van der Waals surface area contributed by atoms with Gasteiger partial charge in [-0.15, -0.1) is 0 Å². The molecule has 0 fully saturated rings. The zero-order chi connectivity index (χ0) is 18.3. The quantitative estimate of drug-likeness (QED) is 0.862. The van der Waals surface area contributed by atoms with Crippen LogP contribution in [0.15, 0.2) is 18.2 Å². The van der Waals surface area contributed by atoms with Crippen molar-refractivity contribution in [2.75, 3.05) is 32.7 Å². The highest BCUT2D eigenvalue weighted by Gasteiger charge is 2.35. The van der Waals surface area contributed by atoms with Crippen molar-refractivity contribution in [1.29, 1.82) is 0 Å². The molecule has 1 aliphatic heterocycles. The summed E-state index contributed by atoms with van der Waals surface area (Å²) in [4.78, 5) is 4.87. The number of aryl methyl sites for hydroxylation is 2. The Kier molecular flexibility index (Phi) is 5.09. The lowest BCUT2D eigenvalue weighted by Crippen LogP contribution is -2.46. The lowest BCUT2D eigenvalue weighted by atomic mass is 9.89. The number of aliphatic hydroxyl groups is 1. The van der Waals surface area contributed by atoms with Gasteiger partial charge in [-0.05, 0) is 57.0 Å². The average Bonchev–Trinajstić information content (AvgIpc) is 2.96. The van der Waals surface area contributed by atoms with Gasteiger partial charge in [-0.2, -0.15) is 0 Å². The van der Waals surface area contributed by atoms with Crippen molar-refractivity contribution >= 4 is 10.9 Å². The first-order valence-electron chi connectivity index (χ1n) is 10.4. The topological polar surface area (TPSA) is 31.6 Å². The number of aromatic nitrogens is 1. The molecule has 2 heterocycles. The number of rotatable bonds is 6. The molecule has 1 N–H and O–H groups in total. The van der Waals surface area contributed by atoms with E-state index in [1.807, 2.05) is 0 Å². The standard InChI is InChI=1S/C22H33N3O/c1-4-23(5-2)14-17(26)15-24-11-12-25-20-10-9-16(3)13-19(20)18-7-6-8-21(24)22(18)25/h9-10,13,17,21,26H,4-8,11-12,14-15H2,1-3H3/t17-,21-/m0/s1. The van der Waals surface area contributed by atoms with Crippen molar-refractivity contribution in [3.8, 4) is 0 Å². The van der Waals surface area contributed by atoms with Gasteiger partial charge in [0.2, 0.25) is 0 Å². The summed E-state index contributed by atoms with van der Waals surface area (Å²) < 4.78 is 2.57. The molecule has 1 aromatic carbocycles. The maximum atomic E-state index is 10.7. The molecule has 0 saturated carbocycles. The predicted octanol–water partition coefficient (Wildman–Crippen LogP) is 3.35. The fourth-order valence-electron chi connectivity index (χ4n) is 5.12. The van der Waals surface area contributed by atoms with Crippen molar-refractivity contribution in [2.24, 2.45) is 0 Å². The molecule has 0 amide bonds. The molecule has 26 heavy (non-hydrogen) atoms. The maximum Gasteiger partial charge on any atom is 0.0794 e. The van der Waals surface area contributed by atoms with Crippen molar-refractivity contribution in [2.45, 2.75) is 58.7 Å². The molecule has 142 valence electrons. The number of benzene rings is 1. The number of fused-ring (bicyclic) bond motifs is 3. The summed E-state index contributed by atoms with van der Waals surface area (Å²) in [5.74, 6) is 0. The first-order chi connectivity index (χ1) is 12.6. The van der Waals surface area contributed by atoms with Gasteiger partial charge in [0, 0.05) is 42.8 Å². The Morgan fingerprint density at radius 3 is 2.81 bits per heavy atom. The zero-order valence-electron chi connectivity index (χ0n) is 16.5. The molecule has 2 aromatic rings. The maximum absolute atomic E-state index is 10.7. The molecule has 2 aliphatic rings. The molecule has 0 unspecified atom stereocenters. The highest BCUT2D eigenvalue weighted by atomic mass is 16.3. The van der Waals surface area contributed by atoms with Gasteiger partial charge < -0.3 is 14.6 Å². The van der Waals surface area contributed by atoms with E-state index < -0.39 is 0 Å². The summed E-state index contributed by atoms with van der Waals surface area (Å²) in [5.41, 5.74) is 5.88. The Bertz CT molecular complexity index is 777. The smallest absolute Gasteiger partial charge is 0.0794 e. The highest BCUT2D eigenvalue weighted by molar-refractivity contribution is 5.87. The molecule has 0 spiro atoms. The molecule has 2 atom stereocenters. The summed E-state index contributed by atoms with van der Waals surface area (Å²) in [6.07, 6.45) is 3.42. The van der Waals surface area contributed by atoms with Crippen LogP contribution < -0.4 is 0 Å². The SMILES string of the molecule is CCN(CC)C[C@H](O)CN1CCn2c3c(c4cc(C)ccc42)CCC[C@@H]31. The van der Waals surface area contributed by atoms with E-state index >= 15 is 0 Å². The second-order valence-corrected chi connectivity index (χ2v) is 8.08. The number of β-amino-alcohol motifs (C(OH)–C–C–N with tert-alkyl or cyclic N) is 1. The third-order valence-corrected chi connectivity index (χ3v) is 6.45. The highest BCUT2D eigenvalue weighted by Crippen LogP contribution is 2.42. The van der Waals surface area contributed by atoms with Gasteiger partial charge >= 0.3 is 0 Å². The largest absolute Gasteiger partial charge is 0.390 e. The van der Waals surface area contributed by atoms with Crippen LogP contribution in [0.2, 0.25) is 0 Å². The third-order valence-electron chi connectivity index (χ3n) is 6.45. The molecule has 0 bridgehead atoms. The van der Waals surface area contributed by atoms with Crippen LogP contribution in [-0.2, 0) is 13.0 Å². The molecule has 4 nitrogen and oxygen atoms in total. The van der Waals surface area contributed by atoms with Gasteiger partial charge in [0.15, 0.2) is 0 Å². The van der Waals surface area contributed by atoms with Crippen LogP contribution in [-0.4, -0.2) is 58.3 Å². The van der Waals surface area contributed by atoms with Gasteiger partial charge in [0.25, 0.3) is 0 Å². The van der Waals surface area contributed by atoms with E-state index in [0.717, 1.165) is 39.3 Å². The van der Waals surface area contributed by atoms with Crippen molar-refractivity contribution in [1.82, 2.24) is 14.4 Å². The average molecular weight is 356 g/mol. The van der Waals surface area contributed by atoms with Gasteiger partial charge in [0.05, 0.1) is 12.1 Å². The molecule has 0 radical (unpaired) electrons. The van der Waals surface area contributed by atoms with Crippen LogP contribution in [0.3, 0.4) is 0 Å². The first kappa shape index (κ1) is 18.0. The summed E-state index contributed by atoms with van der Waals surface area (Å²) in [6, 6.07) is 7.40. The second kappa shape index (κ2) is 7.34. The zero-order valence-corrected chi connectivity index (χ0v) is 16.5. The molecular weight excluding hydrogens is 322 g/mol. The van der Waals surface area contributed by atoms with Crippen LogP contribution in [0.4, 0.5) is 0 Å². The number of likely N-dealkylation sites (N-methyl/N-ethyl adjacent to an activating group) is 1. The molecular formula is C22H33N3O. The van der Waals surface area contributed by atoms with E-state index in [4.69, 9.17) is 0 Å². The third kappa shape index (κ3) is 3.08. The second-order valence-electron chi connectivity index (χ2n) is 8.08. The summed E-state index contributed by atoms with van der Waals surface area (Å²) in [7, 11) is 0. The number of nitrogens with zero attached hydrogens (tertiary/aromatic N) is 3. The minimum atomic E-state index is -0.265. The van der Waals surface area contributed by atoms with Crippen LogP contribution in [0, 0.1) is 6.92 Å².